The highest BCUT2D eigenvalue weighted by Gasteiger charge is 2.11. The molecule has 196 valence electrons. The van der Waals surface area contributed by atoms with Gasteiger partial charge in [-0.25, -0.2) is 4.98 Å². The SMILES string of the molecule is O=C(Cc1csc(NC(=O)c2ccccc2)n1)Nc1ccc(CCNC[C@H](O)COc2ccccc2)cc1. The summed E-state index contributed by atoms with van der Waals surface area (Å²) in [5.41, 5.74) is 2.96. The molecule has 0 unspecified atom stereocenters. The molecule has 4 rings (SSSR count). The van der Waals surface area contributed by atoms with Gasteiger partial charge in [0.1, 0.15) is 18.5 Å². The lowest BCUT2D eigenvalue weighted by Crippen LogP contribution is -2.32. The Kier molecular flexibility index (Phi) is 9.97. The van der Waals surface area contributed by atoms with Crippen molar-refractivity contribution in [2.75, 3.05) is 30.3 Å². The van der Waals surface area contributed by atoms with Crippen LogP contribution in [0.4, 0.5) is 10.8 Å². The van der Waals surface area contributed by atoms with Gasteiger partial charge in [0.05, 0.1) is 12.1 Å². The van der Waals surface area contributed by atoms with E-state index < -0.39 is 6.10 Å². The van der Waals surface area contributed by atoms with Crippen molar-refractivity contribution in [1.82, 2.24) is 10.3 Å². The van der Waals surface area contributed by atoms with Crippen molar-refractivity contribution in [3.05, 3.63) is 107 Å². The predicted octanol–water partition coefficient (Wildman–Crippen LogP) is 4.15. The number of hydrogen-bond donors (Lipinski definition) is 4. The number of thiazole rings is 1. The molecule has 4 aromatic rings. The fourth-order valence-electron chi connectivity index (χ4n) is 3.60. The second kappa shape index (κ2) is 14.0. The third-order valence-electron chi connectivity index (χ3n) is 5.54. The lowest BCUT2D eigenvalue weighted by Gasteiger charge is -2.13. The van der Waals surface area contributed by atoms with Crippen molar-refractivity contribution in [2.45, 2.75) is 18.9 Å². The highest BCUT2D eigenvalue weighted by molar-refractivity contribution is 7.14. The maximum absolute atomic E-state index is 12.5. The molecule has 1 atom stereocenters. The third kappa shape index (κ3) is 8.81. The molecule has 0 aliphatic heterocycles. The van der Waals surface area contributed by atoms with Crippen molar-refractivity contribution >= 4 is 34.0 Å². The van der Waals surface area contributed by atoms with Crippen LogP contribution in [0, 0.1) is 0 Å². The summed E-state index contributed by atoms with van der Waals surface area (Å²) in [6.07, 6.45) is 0.304. The molecular weight excluding hydrogens is 500 g/mol. The van der Waals surface area contributed by atoms with Gasteiger partial charge in [0.2, 0.25) is 5.91 Å². The Labute approximate surface area is 225 Å². The largest absolute Gasteiger partial charge is 0.491 e. The van der Waals surface area contributed by atoms with E-state index in [1.165, 1.54) is 11.3 Å². The summed E-state index contributed by atoms with van der Waals surface area (Å²) in [7, 11) is 0. The van der Waals surface area contributed by atoms with E-state index in [-0.39, 0.29) is 24.8 Å². The Morgan fingerprint density at radius 3 is 2.37 bits per heavy atom. The number of anilines is 2. The number of benzene rings is 3. The number of hydrogen-bond acceptors (Lipinski definition) is 7. The molecule has 38 heavy (non-hydrogen) atoms. The Bertz CT molecular complexity index is 1300. The Balaban J connectivity index is 1.13. The van der Waals surface area contributed by atoms with Crippen molar-refractivity contribution in [1.29, 1.82) is 0 Å². The van der Waals surface area contributed by atoms with Crippen LogP contribution in [-0.4, -0.2) is 47.7 Å². The Hall–Kier alpha value is -4.05. The second-order valence-corrected chi connectivity index (χ2v) is 9.48. The number of carbonyl (C=O) groups excluding carboxylic acids is 2. The summed E-state index contributed by atoms with van der Waals surface area (Å²) in [6.45, 7) is 1.38. The minimum absolute atomic E-state index is 0.111. The van der Waals surface area contributed by atoms with Crippen LogP contribution in [-0.2, 0) is 17.6 Å². The van der Waals surface area contributed by atoms with Gasteiger partial charge >= 0.3 is 0 Å². The number of aliphatic hydroxyl groups excluding tert-OH is 1. The van der Waals surface area contributed by atoms with Gasteiger partial charge in [-0.05, 0) is 54.9 Å². The zero-order valence-corrected chi connectivity index (χ0v) is 21.6. The topological polar surface area (TPSA) is 113 Å². The van der Waals surface area contributed by atoms with Gasteiger partial charge in [-0.1, -0.05) is 48.5 Å². The van der Waals surface area contributed by atoms with E-state index in [0.29, 0.717) is 35.2 Å². The Morgan fingerprint density at radius 1 is 0.921 bits per heavy atom. The fraction of sp³-hybridized carbons (Fsp3) is 0.207. The minimum atomic E-state index is -0.596. The van der Waals surface area contributed by atoms with Crippen LogP contribution in [0.15, 0.2) is 90.3 Å². The molecule has 2 amide bonds. The first-order valence-electron chi connectivity index (χ1n) is 12.3. The normalized spacial score (nSPS) is 11.5. The molecule has 4 N–H and O–H groups in total. The lowest BCUT2D eigenvalue weighted by atomic mass is 10.1. The molecule has 9 heteroatoms. The maximum Gasteiger partial charge on any atom is 0.257 e. The predicted molar refractivity (Wildman–Crippen MR) is 150 cm³/mol. The molecule has 0 bridgehead atoms. The van der Waals surface area contributed by atoms with Gasteiger partial charge in [-0.15, -0.1) is 11.3 Å². The summed E-state index contributed by atoms with van der Waals surface area (Å²) in [4.78, 5) is 29.1. The molecule has 0 radical (unpaired) electrons. The Morgan fingerprint density at radius 2 is 1.63 bits per heavy atom. The lowest BCUT2D eigenvalue weighted by molar-refractivity contribution is -0.115. The van der Waals surface area contributed by atoms with E-state index in [0.717, 1.165) is 17.7 Å². The number of nitrogens with zero attached hydrogens (tertiary/aromatic N) is 1. The molecule has 0 aliphatic carbocycles. The standard InChI is InChI=1S/C29H30N4O4S/c34-25(19-37-26-9-5-2-6-10-26)18-30-16-15-21-11-13-23(14-12-21)31-27(35)17-24-20-38-29(32-24)33-28(36)22-7-3-1-4-8-22/h1-14,20,25,30,34H,15-19H2,(H,31,35)(H,32,33,36)/t25-/m0/s1. The summed E-state index contributed by atoms with van der Waals surface area (Å²) >= 11 is 1.28. The van der Waals surface area contributed by atoms with Crippen LogP contribution < -0.4 is 20.7 Å². The molecule has 0 spiro atoms. The van der Waals surface area contributed by atoms with Gasteiger partial charge in [0.25, 0.3) is 5.91 Å². The highest BCUT2D eigenvalue weighted by Crippen LogP contribution is 2.18. The van der Waals surface area contributed by atoms with Crippen molar-refractivity contribution in [2.24, 2.45) is 0 Å². The molecule has 3 aromatic carbocycles. The molecule has 1 aromatic heterocycles. The van der Waals surface area contributed by atoms with Crippen LogP contribution in [0.2, 0.25) is 0 Å². The number of amides is 2. The summed E-state index contributed by atoms with van der Waals surface area (Å²) in [5, 5.41) is 21.2. The third-order valence-corrected chi connectivity index (χ3v) is 6.35. The van der Waals surface area contributed by atoms with Crippen molar-refractivity contribution < 1.29 is 19.4 Å². The van der Waals surface area contributed by atoms with Gasteiger partial charge in [-0.2, -0.15) is 0 Å². The van der Waals surface area contributed by atoms with Crippen molar-refractivity contribution in [3.63, 3.8) is 0 Å². The van der Waals surface area contributed by atoms with Crippen LogP contribution in [0.5, 0.6) is 5.75 Å². The smallest absolute Gasteiger partial charge is 0.257 e. The van der Waals surface area contributed by atoms with Crippen LogP contribution >= 0.6 is 11.3 Å². The van der Waals surface area contributed by atoms with Crippen LogP contribution in [0.3, 0.4) is 0 Å². The van der Waals surface area contributed by atoms with E-state index in [4.69, 9.17) is 4.74 Å². The van der Waals surface area contributed by atoms with E-state index >= 15 is 0 Å². The number of nitrogens with one attached hydrogen (secondary N) is 3. The van der Waals surface area contributed by atoms with E-state index in [9.17, 15) is 14.7 Å². The minimum Gasteiger partial charge on any atom is -0.491 e. The zero-order chi connectivity index (χ0) is 26.6. The molecule has 8 nitrogen and oxygen atoms in total. The number of carbonyl (C=O) groups is 2. The second-order valence-electron chi connectivity index (χ2n) is 8.62. The molecule has 0 saturated carbocycles. The number of para-hydroxylation sites is 1. The molecular formula is C29H30N4O4S. The van der Waals surface area contributed by atoms with Crippen LogP contribution in [0.1, 0.15) is 21.6 Å². The molecule has 0 aliphatic rings. The first-order chi connectivity index (χ1) is 18.5. The number of ether oxygens (including phenoxy) is 1. The zero-order valence-electron chi connectivity index (χ0n) is 20.8. The molecule has 1 heterocycles. The quantitative estimate of drug-likeness (QED) is 0.193. The number of rotatable bonds is 13. The maximum atomic E-state index is 12.5. The highest BCUT2D eigenvalue weighted by atomic mass is 32.1. The van der Waals surface area contributed by atoms with Crippen molar-refractivity contribution in [3.8, 4) is 5.75 Å². The average molecular weight is 531 g/mol. The summed E-state index contributed by atoms with van der Waals surface area (Å²) < 4.78 is 5.55. The fourth-order valence-corrected chi connectivity index (χ4v) is 4.30. The van der Waals surface area contributed by atoms with Gasteiger partial charge < -0.3 is 20.5 Å². The first kappa shape index (κ1) is 27.0. The summed E-state index contributed by atoms with van der Waals surface area (Å²) in [5.74, 6) is 0.319. The first-order valence-corrected chi connectivity index (χ1v) is 13.2. The van der Waals surface area contributed by atoms with Gasteiger partial charge in [0, 0.05) is 23.2 Å². The monoisotopic (exact) mass is 530 g/mol. The van der Waals surface area contributed by atoms with E-state index in [1.54, 1.807) is 29.6 Å². The van der Waals surface area contributed by atoms with E-state index in [1.807, 2.05) is 60.7 Å². The van der Waals surface area contributed by atoms with Crippen LogP contribution in [0.25, 0.3) is 0 Å². The van der Waals surface area contributed by atoms with Gasteiger partial charge in [0.15, 0.2) is 5.13 Å². The van der Waals surface area contributed by atoms with E-state index in [2.05, 4.69) is 20.9 Å². The average Bonchev–Trinajstić information content (AvgIpc) is 3.38. The molecule has 0 saturated heterocycles. The van der Waals surface area contributed by atoms with Gasteiger partial charge in [-0.3, -0.25) is 14.9 Å². The number of aliphatic hydroxyl groups is 1. The summed E-state index contributed by atoms with van der Waals surface area (Å²) in [6, 6.07) is 26.0. The number of aromatic nitrogens is 1. The molecule has 0 fully saturated rings.